The van der Waals surface area contributed by atoms with E-state index in [1.165, 1.54) is 5.56 Å². The van der Waals surface area contributed by atoms with E-state index < -0.39 is 0 Å². The summed E-state index contributed by atoms with van der Waals surface area (Å²) in [6, 6.07) is 10.3. The molecule has 3 heteroatoms. The standard InChI is InChI=1S/C14H22N2O/c1-2-16-14(17)10-6-7-11-15-12-13-8-4-3-5-9-13/h3-5,8-9,15H,2,6-7,10-12H2,1H3,(H,16,17). The number of nitrogens with one attached hydrogen (secondary N) is 2. The molecule has 0 heterocycles. The summed E-state index contributed by atoms with van der Waals surface area (Å²) in [4.78, 5) is 11.2. The molecule has 2 N–H and O–H groups in total. The zero-order valence-electron chi connectivity index (χ0n) is 10.5. The van der Waals surface area contributed by atoms with Gasteiger partial charge in [0.2, 0.25) is 5.91 Å². The number of rotatable bonds is 8. The number of carbonyl (C=O) groups is 1. The molecule has 1 rings (SSSR count). The second kappa shape index (κ2) is 8.76. The minimum atomic E-state index is 0.163. The largest absolute Gasteiger partial charge is 0.356 e. The first kappa shape index (κ1) is 13.7. The van der Waals surface area contributed by atoms with Gasteiger partial charge in [0.1, 0.15) is 0 Å². The first-order valence-electron chi connectivity index (χ1n) is 6.34. The highest BCUT2D eigenvalue weighted by Crippen LogP contribution is 1.98. The summed E-state index contributed by atoms with van der Waals surface area (Å²) < 4.78 is 0. The Labute approximate surface area is 104 Å². The number of amides is 1. The molecule has 0 aliphatic heterocycles. The van der Waals surface area contributed by atoms with Crippen LogP contribution in [0.15, 0.2) is 30.3 Å². The monoisotopic (exact) mass is 234 g/mol. The van der Waals surface area contributed by atoms with E-state index in [0.29, 0.717) is 6.42 Å². The van der Waals surface area contributed by atoms with Crippen LogP contribution in [0.25, 0.3) is 0 Å². The van der Waals surface area contributed by atoms with Crippen LogP contribution in [0.4, 0.5) is 0 Å². The second-order valence-corrected chi connectivity index (χ2v) is 4.07. The molecule has 0 radical (unpaired) electrons. The van der Waals surface area contributed by atoms with Crippen molar-refractivity contribution in [3.05, 3.63) is 35.9 Å². The molecule has 0 aromatic heterocycles. The maximum absolute atomic E-state index is 11.2. The van der Waals surface area contributed by atoms with E-state index in [9.17, 15) is 4.79 Å². The molecule has 0 saturated heterocycles. The molecule has 94 valence electrons. The van der Waals surface area contributed by atoms with Crippen molar-refractivity contribution in [1.29, 1.82) is 0 Å². The highest BCUT2D eigenvalue weighted by molar-refractivity contribution is 5.75. The van der Waals surface area contributed by atoms with Crippen LogP contribution < -0.4 is 10.6 Å². The fourth-order valence-corrected chi connectivity index (χ4v) is 1.65. The van der Waals surface area contributed by atoms with Crippen LogP contribution in [0.3, 0.4) is 0 Å². The number of hydrogen-bond acceptors (Lipinski definition) is 2. The zero-order valence-corrected chi connectivity index (χ0v) is 10.5. The van der Waals surface area contributed by atoms with Gasteiger partial charge in [0.15, 0.2) is 0 Å². The van der Waals surface area contributed by atoms with Crippen LogP contribution in [0, 0.1) is 0 Å². The summed E-state index contributed by atoms with van der Waals surface area (Å²) in [7, 11) is 0. The molecule has 0 spiro atoms. The lowest BCUT2D eigenvalue weighted by atomic mass is 10.2. The molecule has 0 aliphatic carbocycles. The summed E-state index contributed by atoms with van der Waals surface area (Å²) in [5, 5.41) is 6.18. The fourth-order valence-electron chi connectivity index (χ4n) is 1.65. The first-order chi connectivity index (χ1) is 8.33. The second-order valence-electron chi connectivity index (χ2n) is 4.07. The molecule has 0 aliphatic rings. The summed E-state index contributed by atoms with van der Waals surface area (Å²) in [6.07, 6.45) is 2.64. The van der Waals surface area contributed by atoms with Crippen LogP contribution in [-0.2, 0) is 11.3 Å². The number of carbonyl (C=O) groups excluding carboxylic acids is 1. The molecule has 0 atom stereocenters. The Bertz CT molecular complexity index is 311. The van der Waals surface area contributed by atoms with Gasteiger partial charge in [-0.2, -0.15) is 0 Å². The van der Waals surface area contributed by atoms with Gasteiger partial charge in [-0.1, -0.05) is 30.3 Å². The smallest absolute Gasteiger partial charge is 0.219 e. The van der Waals surface area contributed by atoms with E-state index in [-0.39, 0.29) is 5.91 Å². The molecule has 0 saturated carbocycles. The van der Waals surface area contributed by atoms with Gasteiger partial charge in [0.25, 0.3) is 0 Å². The molecular formula is C14H22N2O. The Morgan fingerprint density at radius 2 is 1.94 bits per heavy atom. The average molecular weight is 234 g/mol. The number of hydrogen-bond donors (Lipinski definition) is 2. The maximum atomic E-state index is 11.2. The predicted molar refractivity (Wildman–Crippen MR) is 70.7 cm³/mol. The Balaban J connectivity index is 1.96. The van der Waals surface area contributed by atoms with Crippen LogP contribution in [0.2, 0.25) is 0 Å². The van der Waals surface area contributed by atoms with Crippen molar-refractivity contribution in [2.24, 2.45) is 0 Å². The molecule has 0 unspecified atom stereocenters. The van der Waals surface area contributed by atoms with Gasteiger partial charge in [-0.3, -0.25) is 4.79 Å². The minimum Gasteiger partial charge on any atom is -0.356 e. The van der Waals surface area contributed by atoms with Gasteiger partial charge < -0.3 is 10.6 Å². The van der Waals surface area contributed by atoms with Gasteiger partial charge in [0.05, 0.1) is 0 Å². The summed E-state index contributed by atoms with van der Waals surface area (Å²) in [5.74, 6) is 0.163. The van der Waals surface area contributed by atoms with E-state index in [1.807, 2.05) is 25.1 Å². The Hall–Kier alpha value is -1.35. The van der Waals surface area contributed by atoms with Gasteiger partial charge in [-0.05, 0) is 31.9 Å². The molecule has 3 nitrogen and oxygen atoms in total. The maximum Gasteiger partial charge on any atom is 0.219 e. The molecule has 1 aromatic carbocycles. The Kier molecular flexibility index (Phi) is 7.07. The average Bonchev–Trinajstić information content (AvgIpc) is 2.35. The van der Waals surface area contributed by atoms with Crippen LogP contribution in [0.5, 0.6) is 0 Å². The van der Waals surface area contributed by atoms with E-state index >= 15 is 0 Å². The van der Waals surface area contributed by atoms with Crippen LogP contribution in [-0.4, -0.2) is 19.0 Å². The van der Waals surface area contributed by atoms with Crippen molar-refractivity contribution in [1.82, 2.24) is 10.6 Å². The molecule has 1 amide bonds. The first-order valence-corrected chi connectivity index (χ1v) is 6.34. The molecular weight excluding hydrogens is 212 g/mol. The van der Waals surface area contributed by atoms with E-state index in [4.69, 9.17) is 0 Å². The third kappa shape index (κ3) is 6.74. The lowest BCUT2D eigenvalue weighted by molar-refractivity contribution is -0.121. The van der Waals surface area contributed by atoms with Crippen molar-refractivity contribution >= 4 is 5.91 Å². The lowest BCUT2D eigenvalue weighted by Crippen LogP contribution is -2.22. The van der Waals surface area contributed by atoms with Crippen LogP contribution in [0.1, 0.15) is 31.7 Å². The predicted octanol–water partition coefficient (Wildman–Crippen LogP) is 2.08. The van der Waals surface area contributed by atoms with Gasteiger partial charge in [-0.25, -0.2) is 0 Å². The molecule has 0 bridgehead atoms. The zero-order chi connectivity index (χ0) is 12.3. The third-order valence-electron chi connectivity index (χ3n) is 2.55. The van der Waals surface area contributed by atoms with Gasteiger partial charge in [-0.15, -0.1) is 0 Å². The normalized spacial score (nSPS) is 10.2. The molecule has 1 aromatic rings. The number of unbranched alkanes of at least 4 members (excludes halogenated alkanes) is 1. The van der Waals surface area contributed by atoms with Crippen molar-refractivity contribution in [3.8, 4) is 0 Å². The van der Waals surface area contributed by atoms with E-state index in [0.717, 1.165) is 32.5 Å². The van der Waals surface area contributed by atoms with Gasteiger partial charge >= 0.3 is 0 Å². The van der Waals surface area contributed by atoms with E-state index in [2.05, 4.69) is 22.8 Å². The van der Waals surface area contributed by atoms with Crippen LogP contribution >= 0.6 is 0 Å². The highest BCUT2D eigenvalue weighted by Gasteiger charge is 1.98. The SMILES string of the molecule is CCNC(=O)CCCCNCc1ccccc1. The molecule has 17 heavy (non-hydrogen) atoms. The van der Waals surface area contributed by atoms with Crippen molar-refractivity contribution in [2.75, 3.05) is 13.1 Å². The quantitative estimate of drug-likeness (QED) is 0.676. The van der Waals surface area contributed by atoms with E-state index in [1.54, 1.807) is 0 Å². The Morgan fingerprint density at radius 1 is 1.18 bits per heavy atom. The Morgan fingerprint density at radius 3 is 2.65 bits per heavy atom. The van der Waals surface area contributed by atoms with Crippen molar-refractivity contribution in [2.45, 2.75) is 32.7 Å². The summed E-state index contributed by atoms with van der Waals surface area (Å²) >= 11 is 0. The van der Waals surface area contributed by atoms with Gasteiger partial charge in [0, 0.05) is 19.5 Å². The summed E-state index contributed by atoms with van der Waals surface area (Å²) in [6.45, 7) is 4.54. The molecule has 0 fully saturated rings. The fraction of sp³-hybridized carbons (Fsp3) is 0.500. The van der Waals surface area contributed by atoms with Crippen molar-refractivity contribution < 1.29 is 4.79 Å². The lowest BCUT2D eigenvalue weighted by Gasteiger charge is -2.05. The number of benzene rings is 1. The summed E-state index contributed by atoms with van der Waals surface area (Å²) in [5.41, 5.74) is 1.30. The van der Waals surface area contributed by atoms with Crippen molar-refractivity contribution in [3.63, 3.8) is 0 Å². The highest BCUT2D eigenvalue weighted by atomic mass is 16.1. The minimum absolute atomic E-state index is 0.163. The topological polar surface area (TPSA) is 41.1 Å². The third-order valence-corrected chi connectivity index (χ3v) is 2.55.